The van der Waals surface area contributed by atoms with E-state index in [2.05, 4.69) is 10.6 Å². The lowest BCUT2D eigenvalue weighted by Crippen LogP contribution is -2.60. The first-order valence-corrected chi connectivity index (χ1v) is 11.7. The van der Waals surface area contributed by atoms with E-state index in [1.165, 1.54) is 6.08 Å². The molecule has 1 unspecified atom stereocenters. The van der Waals surface area contributed by atoms with Crippen LogP contribution in [0.3, 0.4) is 0 Å². The van der Waals surface area contributed by atoms with Gasteiger partial charge in [0.1, 0.15) is 12.6 Å². The molecular weight excluding hydrogens is 462 g/mol. The second-order valence-corrected chi connectivity index (χ2v) is 8.43. The number of nitrogens with zero attached hydrogens (tertiary/aromatic N) is 1. The molecule has 7 nitrogen and oxygen atoms in total. The molecule has 4 rings (SSSR count). The van der Waals surface area contributed by atoms with Gasteiger partial charge in [0.2, 0.25) is 11.8 Å². The fourth-order valence-corrected chi connectivity index (χ4v) is 4.21. The Kier molecular flexibility index (Phi) is 7.84. The number of amides is 2. The van der Waals surface area contributed by atoms with Crippen molar-refractivity contribution in [2.75, 3.05) is 13.1 Å². The van der Waals surface area contributed by atoms with Gasteiger partial charge in [-0.2, -0.15) is 0 Å². The lowest BCUT2D eigenvalue weighted by molar-refractivity contribution is -0.148. The van der Waals surface area contributed by atoms with Crippen molar-refractivity contribution >= 4 is 52.0 Å². The maximum absolute atomic E-state index is 12.6. The number of fused-ring (bicyclic) bond motifs is 1. The lowest BCUT2D eigenvalue weighted by Gasteiger charge is -2.36. The molecule has 0 saturated carbocycles. The van der Waals surface area contributed by atoms with Gasteiger partial charge in [-0.05, 0) is 40.2 Å². The Balaban J connectivity index is 1.37. The van der Waals surface area contributed by atoms with Gasteiger partial charge in [0, 0.05) is 19.2 Å². The molecule has 0 radical (unpaired) electrons. The summed E-state index contributed by atoms with van der Waals surface area (Å²) in [4.78, 5) is 39.0. The molecule has 0 aliphatic carbocycles. The Morgan fingerprint density at radius 1 is 1.06 bits per heavy atom. The number of piperazine rings is 1. The highest BCUT2D eigenvalue weighted by molar-refractivity contribution is 7.80. The van der Waals surface area contributed by atoms with E-state index in [4.69, 9.17) is 17.0 Å². The molecule has 0 spiro atoms. The molecule has 1 aliphatic heterocycles. The van der Waals surface area contributed by atoms with Gasteiger partial charge in [-0.3, -0.25) is 19.7 Å². The third-order valence-electron chi connectivity index (χ3n) is 5.66. The van der Waals surface area contributed by atoms with E-state index in [1.54, 1.807) is 11.0 Å². The Hall–Kier alpha value is -4.04. The van der Waals surface area contributed by atoms with Crippen molar-refractivity contribution in [3.8, 4) is 0 Å². The lowest BCUT2D eigenvalue weighted by atomic mass is 10.0. The van der Waals surface area contributed by atoms with Gasteiger partial charge in [0.25, 0.3) is 0 Å². The van der Waals surface area contributed by atoms with E-state index in [0.717, 1.165) is 21.9 Å². The minimum atomic E-state index is -0.859. The number of hydrogen-bond donors (Lipinski definition) is 2. The van der Waals surface area contributed by atoms with E-state index < -0.39 is 17.9 Å². The third kappa shape index (κ3) is 6.30. The fourth-order valence-electron chi connectivity index (χ4n) is 3.90. The van der Waals surface area contributed by atoms with Gasteiger partial charge in [0.15, 0.2) is 5.11 Å². The number of ether oxygens (including phenoxy) is 1. The molecule has 1 fully saturated rings. The van der Waals surface area contributed by atoms with Gasteiger partial charge >= 0.3 is 5.97 Å². The van der Waals surface area contributed by atoms with Crippen LogP contribution in [0.25, 0.3) is 16.8 Å². The van der Waals surface area contributed by atoms with E-state index in [0.29, 0.717) is 13.1 Å². The van der Waals surface area contributed by atoms with E-state index >= 15 is 0 Å². The molecule has 1 aliphatic rings. The SMILES string of the molecule is O=C(C=Cc1cccc2ccccc12)NC(=S)N1CCNC(=O)C1CC(=O)OCc1ccccc1. The molecule has 1 atom stereocenters. The second kappa shape index (κ2) is 11.4. The highest BCUT2D eigenvalue weighted by Gasteiger charge is 2.34. The number of rotatable bonds is 6. The van der Waals surface area contributed by atoms with Crippen LogP contribution >= 0.6 is 12.2 Å². The molecule has 3 aromatic rings. The van der Waals surface area contributed by atoms with Crippen molar-refractivity contribution in [2.45, 2.75) is 19.1 Å². The van der Waals surface area contributed by atoms with Gasteiger partial charge in [-0.25, -0.2) is 0 Å². The molecule has 3 aromatic carbocycles. The summed E-state index contributed by atoms with van der Waals surface area (Å²) in [6.45, 7) is 0.846. The Morgan fingerprint density at radius 2 is 1.80 bits per heavy atom. The van der Waals surface area contributed by atoms with E-state index in [-0.39, 0.29) is 24.0 Å². The van der Waals surface area contributed by atoms with E-state index in [9.17, 15) is 14.4 Å². The number of carbonyl (C=O) groups excluding carboxylic acids is 3. The molecule has 8 heteroatoms. The van der Waals surface area contributed by atoms with Gasteiger partial charge < -0.3 is 15.0 Å². The zero-order valence-electron chi connectivity index (χ0n) is 19.0. The second-order valence-electron chi connectivity index (χ2n) is 8.05. The van der Waals surface area contributed by atoms with Crippen LogP contribution in [0.5, 0.6) is 0 Å². The number of thiocarbonyl (C=S) groups is 1. The summed E-state index contributed by atoms with van der Waals surface area (Å²) in [5.41, 5.74) is 1.76. The van der Waals surface area contributed by atoms with Crippen LogP contribution in [0.4, 0.5) is 0 Å². The highest BCUT2D eigenvalue weighted by Crippen LogP contribution is 2.19. The third-order valence-corrected chi connectivity index (χ3v) is 6.00. The standard InChI is InChI=1S/C27H25N3O4S/c31-24(14-13-21-11-6-10-20-9-4-5-12-22(20)21)29-27(35)30-16-15-28-26(33)23(30)17-25(32)34-18-19-7-2-1-3-8-19/h1-14,23H,15-18H2,(H,28,33)(H,29,31,35). The number of hydrogen-bond acceptors (Lipinski definition) is 5. The molecular formula is C27H25N3O4S. The number of carbonyl (C=O) groups is 3. The molecule has 1 heterocycles. The minimum absolute atomic E-state index is 0.0910. The average molecular weight is 488 g/mol. The molecule has 0 bridgehead atoms. The molecule has 2 N–H and O–H groups in total. The largest absolute Gasteiger partial charge is 0.461 e. The molecule has 2 amide bonds. The Labute approximate surface area is 208 Å². The van der Waals surface area contributed by atoms with Crippen LogP contribution in [0.2, 0.25) is 0 Å². The van der Waals surface area contributed by atoms with Gasteiger partial charge in [-0.1, -0.05) is 72.8 Å². The summed E-state index contributed by atoms with van der Waals surface area (Å²) < 4.78 is 5.32. The predicted octanol–water partition coefficient (Wildman–Crippen LogP) is 3.19. The summed E-state index contributed by atoms with van der Waals surface area (Å²) in [5, 5.41) is 7.59. The summed E-state index contributed by atoms with van der Waals surface area (Å²) in [5.74, 6) is -1.28. The normalized spacial score (nSPS) is 15.6. The summed E-state index contributed by atoms with van der Waals surface area (Å²) in [7, 11) is 0. The minimum Gasteiger partial charge on any atom is -0.461 e. The molecule has 1 saturated heterocycles. The Bertz CT molecular complexity index is 1270. The molecule has 35 heavy (non-hydrogen) atoms. The number of nitrogens with one attached hydrogen (secondary N) is 2. The number of esters is 1. The van der Waals surface area contributed by atoms with E-state index in [1.807, 2.05) is 72.8 Å². The van der Waals surface area contributed by atoms with Crippen LogP contribution in [-0.2, 0) is 25.7 Å². The summed E-state index contributed by atoms with van der Waals surface area (Å²) >= 11 is 5.41. The average Bonchev–Trinajstić information content (AvgIpc) is 2.88. The predicted molar refractivity (Wildman–Crippen MR) is 138 cm³/mol. The molecule has 0 aromatic heterocycles. The van der Waals surface area contributed by atoms with Crippen molar-refractivity contribution in [3.05, 3.63) is 90.0 Å². The first-order valence-electron chi connectivity index (χ1n) is 11.3. The van der Waals surface area contributed by atoms with Crippen LogP contribution in [0.15, 0.2) is 78.9 Å². The monoisotopic (exact) mass is 487 g/mol. The maximum atomic E-state index is 12.6. The van der Waals surface area contributed by atoms with Crippen LogP contribution in [-0.4, -0.2) is 46.9 Å². The van der Waals surface area contributed by atoms with Crippen molar-refractivity contribution in [1.29, 1.82) is 0 Å². The zero-order chi connectivity index (χ0) is 24.6. The Morgan fingerprint density at radius 3 is 2.63 bits per heavy atom. The summed E-state index contributed by atoms with van der Waals surface area (Å²) in [6, 6.07) is 22.2. The topological polar surface area (TPSA) is 87.7 Å². The maximum Gasteiger partial charge on any atom is 0.308 e. The molecule has 178 valence electrons. The fraction of sp³-hybridized carbons (Fsp3) is 0.185. The summed E-state index contributed by atoms with van der Waals surface area (Å²) in [6.07, 6.45) is 2.95. The zero-order valence-corrected chi connectivity index (χ0v) is 19.8. The highest BCUT2D eigenvalue weighted by atomic mass is 32.1. The first kappa shape index (κ1) is 24.1. The van der Waals surface area contributed by atoms with Crippen molar-refractivity contribution < 1.29 is 19.1 Å². The van der Waals surface area contributed by atoms with Crippen LogP contribution in [0, 0.1) is 0 Å². The van der Waals surface area contributed by atoms with Gasteiger partial charge in [0.05, 0.1) is 6.42 Å². The van der Waals surface area contributed by atoms with Crippen molar-refractivity contribution in [2.24, 2.45) is 0 Å². The smallest absolute Gasteiger partial charge is 0.308 e. The van der Waals surface area contributed by atoms with Gasteiger partial charge in [-0.15, -0.1) is 0 Å². The quantitative estimate of drug-likeness (QED) is 0.316. The number of benzene rings is 3. The van der Waals surface area contributed by atoms with Crippen molar-refractivity contribution in [1.82, 2.24) is 15.5 Å². The first-order chi connectivity index (χ1) is 17.0. The van der Waals surface area contributed by atoms with Crippen LogP contribution < -0.4 is 10.6 Å². The van der Waals surface area contributed by atoms with Crippen molar-refractivity contribution in [3.63, 3.8) is 0 Å². The van der Waals surface area contributed by atoms with Crippen LogP contribution in [0.1, 0.15) is 17.5 Å².